The van der Waals surface area contributed by atoms with Crippen LogP contribution in [0.2, 0.25) is 5.02 Å². The third-order valence-electron chi connectivity index (χ3n) is 7.23. The zero-order chi connectivity index (χ0) is 26.2. The van der Waals surface area contributed by atoms with Crippen LogP contribution in [0.15, 0.2) is 66.9 Å². The first-order valence-electron chi connectivity index (χ1n) is 12.6. The van der Waals surface area contributed by atoms with Gasteiger partial charge in [0.15, 0.2) is 0 Å². The Labute approximate surface area is 226 Å². The molecular formula is C30H26ClN5O2. The lowest BCUT2D eigenvalue weighted by Crippen LogP contribution is -2.49. The Hall–Kier alpha value is -4.12. The van der Waals surface area contributed by atoms with Crippen molar-refractivity contribution in [2.45, 2.75) is 26.6 Å². The van der Waals surface area contributed by atoms with Gasteiger partial charge in [0.1, 0.15) is 23.4 Å². The number of hydrogen-bond acceptors (Lipinski definition) is 5. The third-order valence-corrected chi connectivity index (χ3v) is 7.46. The maximum atomic E-state index is 13.3. The van der Waals surface area contributed by atoms with E-state index in [1.165, 1.54) is 0 Å². The van der Waals surface area contributed by atoms with Crippen molar-refractivity contribution in [1.82, 2.24) is 19.4 Å². The zero-order valence-corrected chi connectivity index (χ0v) is 21.8. The second-order valence-electron chi connectivity index (χ2n) is 9.78. The molecule has 1 fully saturated rings. The summed E-state index contributed by atoms with van der Waals surface area (Å²) in [6.45, 7) is 5.43. The average Bonchev–Trinajstić information content (AvgIpc) is 3.24. The van der Waals surface area contributed by atoms with E-state index in [1.54, 1.807) is 6.07 Å². The third kappa shape index (κ3) is 4.76. The van der Waals surface area contributed by atoms with Crippen LogP contribution in [-0.4, -0.2) is 44.9 Å². The Morgan fingerprint density at radius 2 is 1.89 bits per heavy atom. The maximum absolute atomic E-state index is 13.3. The van der Waals surface area contributed by atoms with E-state index >= 15 is 0 Å². The first kappa shape index (κ1) is 24.2. The molecule has 7 nitrogen and oxygen atoms in total. The van der Waals surface area contributed by atoms with Crippen molar-refractivity contribution in [1.29, 1.82) is 5.26 Å². The molecule has 7 rings (SSSR count). The number of aromatic nitrogens is 2. The van der Waals surface area contributed by atoms with Crippen molar-refractivity contribution >= 4 is 17.5 Å². The van der Waals surface area contributed by atoms with E-state index in [4.69, 9.17) is 16.3 Å². The maximum Gasteiger partial charge on any atom is 0.237 e. The van der Waals surface area contributed by atoms with Crippen molar-refractivity contribution in [3.05, 3.63) is 100 Å². The Bertz CT molecular complexity index is 1590. The molecule has 3 aliphatic rings. The number of ether oxygens (including phenoxy) is 1. The van der Waals surface area contributed by atoms with Gasteiger partial charge in [0, 0.05) is 43.9 Å². The molecule has 0 saturated carbocycles. The lowest BCUT2D eigenvalue weighted by atomic mass is 9.98. The second-order valence-corrected chi connectivity index (χ2v) is 10.2. The van der Waals surface area contributed by atoms with E-state index in [2.05, 4.69) is 20.5 Å². The number of fused-ring (bicyclic) bond motifs is 2. The standard InChI is InChI=1S/C30H26ClN5O2/c1-20-33-15-26-18-34-9-10-35(30(37)19-34)17-24-13-27(7-8-28(24)22-3-2-4-25(31)12-22)38-29-11-21(16-36(20)26)5-6-23(29)14-32/h2-8,11-13,15H,9-10,16-19H2,1H3. The summed E-state index contributed by atoms with van der Waals surface area (Å²) in [6.07, 6.45) is 1.89. The minimum Gasteiger partial charge on any atom is -0.456 e. The van der Waals surface area contributed by atoms with Crippen LogP contribution in [0.1, 0.15) is 28.2 Å². The number of carbonyl (C=O) groups is 1. The van der Waals surface area contributed by atoms with Gasteiger partial charge in [-0.25, -0.2) is 4.98 Å². The summed E-state index contributed by atoms with van der Waals surface area (Å²) in [6, 6.07) is 21.5. The number of amides is 1. The molecule has 0 aliphatic carbocycles. The van der Waals surface area contributed by atoms with Gasteiger partial charge in [-0.15, -0.1) is 0 Å². The van der Waals surface area contributed by atoms with Gasteiger partial charge in [-0.3, -0.25) is 9.69 Å². The Kier molecular flexibility index (Phi) is 6.36. The highest BCUT2D eigenvalue weighted by molar-refractivity contribution is 6.30. The highest BCUT2D eigenvalue weighted by Crippen LogP contribution is 2.34. The number of hydrogen-bond donors (Lipinski definition) is 0. The Balaban J connectivity index is 1.47. The second kappa shape index (κ2) is 9.97. The first-order chi connectivity index (χ1) is 18.5. The predicted octanol–water partition coefficient (Wildman–Crippen LogP) is 5.38. The molecule has 1 saturated heterocycles. The quantitative estimate of drug-likeness (QED) is 0.335. The monoisotopic (exact) mass is 523 g/mol. The number of benzene rings is 3. The van der Waals surface area contributed by atoms with Crippen LogP contribution in [0.5, 0.6) is 11.5 Å². The van der Waals surface area contributed by atoms with Crippen LogP contribution in [0.4, 0.5) is 0 Å². The molecule has 0 spiro atoms. The molecule has 0 radical (unpaired) electrons. The zero-order valence-electron chi connectivity index (χ0n) is 21.0. The molecule has 4 aromatic rings. The van der Waals surface area contributed by atoms with Crippen LogP contribution in [0.25, 0.3) is 11.1 Å². The summed E-state index contributed by atoms with van der Waals surface area (Å²) in [4.78, 5) is 21.9. The largest absolute Gasteiger partial charge is 0.456 e. The van der Waals surface area contributed by atoms with Crippen molar-refractivity contribution in [3.63, 3.8) is 0 Å². The first-order valence-corrected chi connectivity index (χ1v) is 13.0. The number of piperazine rings is 1. The average molecular weight is 524 g/mol. The number of nitrogens with zero attached hydrogens (tertiary/aromatic N) is 5. The molecule has 3 aliphatic heterocycles. The van der Waals surface area contributed by atoms with Crippen LogP contribution >= 0.6 is 11.6 Å². The number of rotatable bonds is 1. The van der Waals surface area contributed by atoms with Gasteiger partial charge in [0.05, 0.1) is 17.8 Å². The highest BCUT2D eigenvalue weighted by Gasteiger charge is 2.26. The van der Waals surface area contributed by atoms with E-state index in [0.29, 0.717) is 54.8 Å². The van der Waals surface area contributed by atoms with Gasteiger partial charge in [-0.05, 0) is 65.6 Å². The van der Waals surface area contributed by atoms with Gasteiger partial charge in [-0.1, -0.05) is 35.9 Å². The molecule has 1 amide bonds. The van der Waals surface area contributed by atoms with E-state index in [-0.39, 0.29) is 5.91 Å². The molecule has 3 aromatic carbocycles. The summed E-state index contributed by atoms with van der Waals surface area (Å²) in [5, 5.41) is 10.4. The fourth-order valence-corrected chi connectivity index (χ4v) is 5.40. The molecular weight excluding hydrogens is 498 g/mol. The Morgan fingerprint density at radius 1 is 1.00 bits per heavy atom. The SMILES string of the molecule is Cc1ncc2n1Cc1ccc(C#N)c(c1)Oc1ccc(-c3cccc(Cl)c3)c(c1)CN1CCN(CC1=O)C2. The van der Waals surface area contributed by atoms with Crippen LogP contribution in [0.3, 0.4) is 0 Å². The van der Waals surface area contributed by atoms with E-state index in [0.717, 1.165) is 40.3 Å². The summed E-state index contributed by atoms with van der Waals surface area (Å²) < 4.78 is 8.48. The molecule has 1 atom stereocenters. The minimum atomic E-state index is 0.0893. The molecule has 8 heteroatoms. The van der Waals surface area contributed by atoms with Gasteiger partial charge >= 0.3 is 0 Å². The van der Waals surface area contributed by atoms with E-state index in [9.17, 15) is 10.1 Å². The van der Waals surface area contributed by atoms with Gasteiger partial charge in [-0.2, -0.15) is 5.26 Å². The number of imidazole rings is 1. The van der Waals surface area contributed by atoms with Crippen molar-refractivity contribution in [2.24, 2.45) is 0 Å². The smallest absolute Gasteiger partial charge is 0.237 e. The molecule has 1 aromatic heterocycles. The molecule has 1 unspecified atom stereocenters. The fraction of sp³-hybridized carbons (Fsp3) is 0.233. The van der Waals surface area contributed by atoms with Crippen molar-refractivity contribution in [3.8, 4) is 28.7 Å². The highest BCUT2D eigenvalue weighted by atomic mass is 35.5. The number of carbonyl (C=O) groups excluding carboxylic acids is 1. The van der Waals surface area contributed by atoms with Gasteiger partial charge < -0.3 is 14.2 Å². The topological polar surface area (TPSA) is 74.4 Å². The summed E-state index contributed by atoms with van der Waals surface area (Å²) in [5.74, 6) is 2.10. The molecule has 0 N–H and O–H groups in total. The molecule has 190 valence electrons. The molecule has 4 heterocycles. The lowest BCUT2D eigenvalue weighted by molar-refractivity contribution is -0.136. The van der Waals surface area contributed by atoms with Crippen molar-refractivity contribution in [2.75, 3.05) is 19.6 Å². The van der Waals surface area contributed by atoms with Crippen LogP contribution < -0.4 is 4.74 Å². The number of halogens is 1. The number of aryl methyl sites for hydroxylation is 1. The van der Waals surface area contributed by atoms with Gasteiger partial charge in [0.25, 0.3) is 0 Å². The van der Waals surface area contributed by atoms with E-state index in [1.807, 2.05) is 72.6 Å². The lowest BCUT2D eigenvalue weighted by Gasteiger charge is -2.35. The fourth-order valence-electron chi connectivity index (χ4n) is 5.20. The number of nitriles is 1. The summed E-state index contributed by atoms with van der Waals surface area (Å²) >= 11 is 6.31. The van der Waals surface area contributed by atoms with E-state index < -0.39 is 0 Å². The van der Waals surface area contributed by atoms with Crippen LogP contribution in [0, 0.1) is 18.3 Å². The summed E-state index contributed by atoms with van der Waals surface area (Å²) in [5.41, 5.74) is 5.44. The molecule has 6 bridgehead atoms. The van der Waals surface area contributed by atoms with Gasteiger partial charge in [0.2, 0.25) is 5.91 Å². The Morgan fingerprint density at radius 3 is 2.71 bits per heavy atom. The predicted molar refractivity (Wildman–Crippen MR) is 145 cm³/mol. The van der Waals surface area contributed by atoms with Crippen LogP contribution in [-0.2, 0) is 24.4 Å². The normalized spacial score (nSPS) is 17.0. The summed E-state index contributed by atoms with van der Waals surface area (Å²) in [7, 11) is 0. The molecule has 38 heavy (non-hydrogen) atoms. The minimum absolute atomic E-state index is 0.0893. The van der Waals surface area contributed by atoms with Crippen molar-refractivity contribution < 1.29 is 9.53 Å².